The highest BCUT2D eigenvalue weighted by Gasteiger charge is 2.31. The van der Waals surface area contributed by atoms with Crippen molar-refractivity contribution < 1.29 is 19.1 Å². The number of aromatic nitrogens is 2. The lowest BCUT2D eigenvalue weighted by molar-refractivity contribution is -0.123. The highest BCUT2D eigenvalue weighted by atomic mass is 16.6. The zero-order valence-corrected chi connectivity index (χ0v) is 17.1. The van der Waals surface area contributed by atoms with Crippen molar-refractivity contribution in [1.29, 1.82) is 0 Å². The first kappa shape index (κ1) is 21.7. The fourth-order valence-electron chi connectivity index (χ4n) is 3.20. The average molecular weight is 393 g/mol. The van der Waals surface area contributed by atoms with Crippen LogP contribution in [-0.2, 0) is 27.8 Å². The van der Waals surface area contributed by atoms with Crippen LogP contribution in [0.2, 0.25) is 0 Å². The molecule has 3 N–H and O–H groups in total. The second kappa shape index (κ2) is 9.07. The topological polar surface area (TPSA) is 120 Å². The summed E-state index contributed by atoms with van der Waals surface area (Å²) >= 11 is 0. The Bertz CT molecular complexity index is 709. The third kappa shape index (κ3) is 6.86. The number of hydrogen-bond donors (Lipinski definition) is 2. The quantitative estimate of drug-likeness (QED) is 0.711. The van der Waals surface area contributed by atoms with Crippen LogP contribution in [0.1, 0.15) is 39.2 Å². The molecule has 1 aromatic heterocycles. The summed E-state index contributed by atoms with van der Waals surface area (Å²) in [5.41, 5.74) is 5.82. The summed E-state index contributed by atoms with van der Waals surface area (Å²) in [6.07, 6.45) is 4.64. The SMILES string of the molecule is Cn1cc(CC(CNC(=O)CC2CCN(C(=O)OC(C)(C)C)C2)C(N)=O)cn1. The van der Waals surface area contributed by atoms with Crippen molar-refractivity contribution >= 4 is 17.9 Å². The molecule has 1 fully saturated rings. The third-order valence-corrected chi connectivity index (χ3v) is 4.60. The number of carbonyl (C=O) groups excluding carboxylic acids is 3. The zero-order chi connectivity index (χ0) is 20.9. The van der Waals surface area contributed by atoms with E-state index in [4.69, 9.17) is 10.5 Å². The standard InChI is InChI=1S/C19H31N5O4/c1-19(2,3)28-18(27)24-6-5-13(12-24)8-16(25)21-10-15(17(20)26)7-14-9-22-23(4)11-14/h9,11,13,15H,5-8,10,12H2,1-4H3,(H2,20,26)(H,21,25). The summed E-state index contributed by atoms with van der Waals surface area (Å²) in [7, 11) is 1.80. The van der Waals surface area contributed by atoms with Gasteiger partial charge in [0.05, 0.1) is 12.1 Å². The van der Waals surface area contributed by atoms with Gasteiger partial charge in [-0.3, -0.25) is 14.3 Å². The summed E-state index contributed by atoms with van der Waals surface area (Å²) in [5.74, 6) is -1.01. The molecule has 0 radical (unpaired) electrons. The largest absolute Gasteiger partial charge is 0.444 e. The van der Waals surface area contributed by atoms with E-state index in [9.17, 15) is 14.4 Å². The number of amides is 3. The molecule has 9 nitrogen and oxygen atoms in total. The zero-order valence-electron chi connectivity index (χ0n) is 17.1. The maximum absolute atomic E-state index is 12.3. The van der Waals surface area contributed by atoms with Crippen LogP contribution in [0.5, 0.6) is 0 Å². The first-order valence-electron chi connectivity index (χ1n) is 9.55. The van der Waals surface area contributed by atoms with E-state index >= 15 is 0 Å². The molecule has 2 rings (SSSR count). The molecule has 2 heterocycles. The molecule has 0 saturated carbocycles. The van der Waals surface area contributed by atoms with E-state index in [0.717, 1.165) is 12.0 Å². The predicted octanol–water partition coefficient (Wildman–Crippen LogP) is 0.827. The van der Waals surface area contributed by atoms with Gasteiger partial charge in [-0.15, -0.1) is 0 Å². The van der Waals surface area contributed by atoms with Crippen molar-refractivity contribution in [2.75, 3.05) is 19.6 Å². The van der Waals surface area contributed by atoms with Crippen LogP contribution in [0, 0.1) is 11.8 Å². The van der Waals surface area contributed by atoms with Gasteiger partial charge in [0.2, 0.25) is 11.8 Å². The van der Waals surface area contributed by atoms with E-state index in [1.807, 2.05) is 27.0 Å². The summed E-state index contributed by atoms with van der Waals surface area (Å²) in [6, 6.07) is 0. The molecule has 1 saturated heterocycles. The van der Waals surface area contributed by atoms with E-state index < -0.39 is 17.4 Å². The number of nitrogens with one attached hydrogen (secondary N) is 1. The molecule has 1 aromatic rings. The van der Waals surface area contributed by atoms with E-state index in [0.29, 0.717) is 25.9 Å². The van der Waals surface area contributed by atoms with Crippen LogP contribution < -0.4 is 11.1 Å². The molecule has 0 bridgehead atoms. The van der Waals surface area contributed by atoms with E-state index in [1.54, 1.807) is 22.8 Å². The number of nitrogens with two attached hydrogens (primary N) is 1. The summed E-state index contributed by atoms with van der Waals surface area (Å²) < 4.78 is 7.02. The van der Waals surface area contributed by atoms with Gasteiger partial charge < -0.3 is 20.7 Å². The Morgan fingerprint density at radius 3 is 2.68 bits per heavy atom. The van der Waals surface area contributed by atoms with Gasteiger partial charge in [-0.25, -0.2) is 4.79 Å². The molecular formula is C19H31N5O4. The average Bonchev–Trinajstić information content (AvgIpc) is 3.18. The summed E-state index contributed by atoms with van der Waals surface area (Å²) in [5, 5.41) is 6.87. The maximum atomic E-state index is 12.3. The summed E-state index contributed by atoms with van der Waals surface area (Å²) in [4.78, 5) is 37.7. The van der Waals surface area contributed by atoms with Gasteiger partial charge in [0.1, 0.15) is 5.60 Å². The fourth-order valence-corrected chi connectivity index (χ4v) is 3.20. The first-order valence-corrected chi connectivity index (χ1v) is 9.55. The number of nitrogens with zero attached hydrogens (tertiary/aromatic N) is 3. The normalized spacial score (nSPS) is 18.0. The smallest absolute Gasteiger partial charge is 0.410 e. The minimum Gasteiger partial charge on any atom is -0.444 e. The number of likely N-dealkylation sites (tertiary alicyclic amines) is 1. The maximum Gasteiger partial charge on any atom is 0.410 e. The molecule has 9 heteroatoms. The molecule has 0 aliphatic carbocycles. The molecule has 2 unspecified atom stereocenters. The Kier molecular flexibility index (Phi) is 7.04. The highest BCUT2D eigenvalue weighted by molar-refractivity contribution is 5.80. The van der Waals surface area contributed by atoms with Gasteiger partial charge in [-0.1, -0.05) is 0 Å². The van der Waals surface area contributed by atoms with Crippen molar-refractivity contribution in [3.8, 4) is 0 Å². The van der Waals surface area contributed by atoms with Gasteiger partial charge in [-0.05, 0) is 45.1 Å². The van der Waals surface area contributed by atoms with Crippen LogP contribution in [0.3, 0.4) is 0 Å². The lowest BCUT2D eigenvalue weighted by Gasteiger charge is -2.24. The number of carbonyl (C=O) groups is 3. The minimum absolute atomic E-state index is 0.0814. The van der Waals surface area contributed by atoms with Gasteiger partial charge in [0.25, 0.3) is 0 Å². The Balaban J connectivity index is 1.77. The van der Waals surface area contributed by atoms with Crippen LogP contribution in [0.25, 0.3) is 0 Å². The van der Waals surface area contributed by atoms with Crippen molar-refractivity contribution in [3.63, 3.8) is 0 Å². The monoisotopic (exact) mass is 393 g/mol. The van der Waals surface area contributed by atoms with Crippen LogP contribution in [-0.4, -0.2) is 57.8 Å². The second-order valence-electron chi connectivity index (χ2n) is 8.41. The van der Waals surface area contributed by atoms with E-state index in [-0.39, 0.29) is 24.5 Å². The first-order chi connectivity index (χ1) is 13.0. The Hall–Kier alpha value is -2.58. The molecule has 156 valence electrons. The molecule has 3 amide bonds. The molecular weight excluding hydrogens is 362 g/mol. The van der Waals surface area contributed by atoms with Gasteiger partial charge in [-0.2, -0.15) is 5.10 Å². The lowest BCUT2D eigenvalue weighted by atomic mass is 10.00. The van der Waals surface area contributed by atoms with Crippen molar-refractivity contribution in [2.24, 2.45) is 24.6 Å². The highest BCUT2D eigenvalue weighted by Crippen LogP contribution is 2.22. The number of ether oxygens (including phenoxy) is 1. The minimum atomic E-state index is -0.537. The molecule has 0 aromatic carbocycles. The number of hydrogen-bond acceptors (Lipinski definition) is 5. The Morgan fingerprint density at radius 1 is 1.39 bits per heavy atom. The van der Waals surface area contributed by atoms with Crippen molar-refractivity contribution in [1.82, 2.24) is 20.0 Å². The molecule has 28 heavy (non-hydrogen) atoms. The Morgan fingerprint density at radius 2 is 2.11 bits per heavy atom. The molecule has 1 aliphatic rings. The van der Waals surface area contributed by atoms with Gasteiger partial charge >= 0.3 is 6.09 Å². The van der Waals surface area contributed by atoms with Gasteiger partial charge in [0, 0.05) is 39.3 Å². The number of primary amides is 1. The lowest BCUT2D eigenvalue weighted by Crippen LogP contribution is -2.38. The fraction of sp³-hybridized carbons (Fsp3) is 0.684. The molecule has 0 spiro atoms. The third-order valence-electron chi connectivity index (χ3n) is 4.60. The van der Waals surface area contributed by atoms with Crippen LogP contribution in [0.15, 0.2) is 12.4 Å². The van der Waals surface area contributed by atoms with Crippen molar-refractivity contribution in [2.45, 2.75) is 45.6 Å². The second-order valence-corrected chi connectivity index (χ2v) is 8.41. The Labute approximate surface area is 165 Å². The van der Waals surface area contributed by atoms with Gasteiger partial charge in [0.15, 0.2) is 0 Å². The molecule has 2 atom stereocenters. The molecule has 1 aliphatic heterocycles. The van der Waals surface area contributed by atoms with Crippen molar-refractivity contribution in [3.05, 3.63) is 18.0 Å². The van der Waals surface area contributed by atoms with E-state index in [1.165, 1.54) is 0 Å². The van der Waals surface area contributed by atoms with Crippen LogP contribution >= 0.6 is 0 Å². The van der Waals surface area contributed by atoms with Crippen LogP contribution in [0.4, 0.5) is 4.79 Å². The number of aryl methyl sites for hydroxylation is 1. The summed E-state index contributed by atoms with van der Waals surface area (Å²) in [6.45, 7) is 6.74. The van der Waals surface area contributed by atoms with E-state index in [2.05, 4.69) is 10.4 Å². The predicted molar refractivity (Wildman–Crippen MR) is 103 cm³/mol. The number of rotatable bonds is 7.